The van der Waals surface area contributed by atoms with Crippen molar-refractivity contribution in [2.45, 2.75) is 25.1 Å². The third-order valence-electron chi connectivity index (χ3n) is 2.16. The van der Waals surface area contributed by atoms with Gasteiger partial charge in [-0.3, -0.25) is 0 Å². The molecule has 0 aromatic carbocycles. The summed E-state index contributed by atoms with van der Waals surface area (Å²) in [6.07, 6.45) is -2.32. The van der Waals surface area contributed by atoms with Crippen molar-refractivity contribution in [3.63, 3.8) is 0 Å². The second-order valence-corrected chi connectivity index (χ2v) is 5.60. The van der Waals surface area contributed by atoms with E-state index < -0.39 is 11.2 Å². The minimum absolute atomic E-state index is 0.216. The van der Waals surface area contributed by atoms with Gasteiger partial charge in [-0.1, -0.05) is 11.3 Å². The number of nitrogens with one attached hydrogen (secondary N) is 1. The van der Waals surface area contributed by atoms with E-state index >= 15 is 0 Å². The first-order valence-corrected chi connectivity index (χ1v) is 6.78. The molecule has 1 fully saturated rings. The molecule has 16 heavy (non-hydrogen) atoms. The summed E-state index contributed by atoms with van der Waals surface area (Å²) in [5.41, 5.74) is 0. The van der Waals surface area contributed by atoms with Gasteiger partial charge in [0.25, 0.3) is 0 Å². The second-order valence-electron chi connectivity index (χ2n) is 3.47. The van der Waals surface area contributed by atoms with E-state index in [0.29, 0.717) is 11.3 Å². The van der Waals surface area contributed by atoms with Crippen LogP contribution in [0.4, 0.5) is 18.3 Å². The number of rotatable bonds is 2. The summed E-state index contributed by atoms with van der Waals surface area (Å²) in [7, 11) is 0. The maximum absolute atomic E-state index is 12.3. The zero-order chi connectivity index (χ0) is 11.6. The molecule has 1 unspecified atom stereocenters. The normalized spacial score (nSPS) is 22.1. The van der Waals surface area contributed by atoms with E-state index in [1.54, 1.807) is 11.8 Å². The van der Waals surface area contributed by atoms with Crippen molar-refractivity contribution >= 4 is 28.2 Å². The molecule has 0 amide bonds. The maximum Gasteiger partial charge on any atom is 0.445 e. The SMILES string of the molecule is FC(F)(F)c1nnc(NC2CCCSC2)s1. The van der Waals surface area contributed by atoms with Crippen LogP contribution in [0, 0.1) is 0 Å². The van der Waals surface area contributed by atoms with Crippen LogP contribution in [-0.4, -0.2) is 27.7 Å². The molecule has 1 N–H and O–H groups in total. The Bertz CT molecular complexity index is 347. The van der Waals surface area contributed by atoms with E-state index in [2.05, 4.69) is 15.5 Å². The van der Waals surface area contributed by atoms with Gasteiger partial charge in [0.15, 0.2) is 0 Å². The first-order valence-electron chi connectivity index (χ1n) is 4.80. The smallest absolute Gasteiger partial charge is 0.357 e. The van der Waals surface area contributed by atoms with Gasteiger partial charge in [-0.25, -0.2) is 0 Å². The van der Waals surface area contributed by atoms with Crippen molar-refractivity contribution in [2.75, 3.05) is 16.8 Å². The molecule has 1 atom stereocenters. The predicted molar refractivity (Wildman–Crippen MR) is 58.9 cm³/mol. The highest BCUT2D eigenvalue weighted by atomic mass is 32.2. The van der Waals surface area contributed by atoms with Crippen LogP contribution in [0.3, 0.4) is 0 Å². The van der Waals surface area contributed by atoms with Gasteiger partial charge in [0.05, 0.1) is 0 Å². The van der Waals surface area contributed by atoms with Crippen molar-refractivity contribution in [1.82, 2.24) is 10.2 Å². The Morgan fingerprint density at radius 3 is 2.69 bits per heavy atom. The van der Waals surface area contributed by atoms with Gasteiger partial charge in [-0.2, -0.15) is 24.9 Å². The van der Waals surface area contributed by atoms with Crippen LogP contribution < -0.4 is 5.32 Å². The van der Waals surface area contributed by atoms with Crippen molar-refractivity contribution < 1.29 is 13.2 Å². The van der Waals surface area contributed by atoms with Crippen molar-refractivity contribution in [3.8, 4) is 0 Å². The molecule has 90 valence electrons. The number of nitrogens with zero attached hydrogens (tertiary/aromatic N) is 2. The van der Waals surface area contributed by atoms with E-state index in [9.17, 15) is 13.2 Å². The molecule has 2 heterocycles. The van der Waals surface area contributed by atoms with Gasteiger partial charge in [-0.15, -0.1) is 10.2 Å². The molecular weight excluding hydrogens is 259 g/mol. The third kappa shape index (κ3) is 3.00. The Morgan fingerprint density at radius 1 is 1.31 bits per heavy atom. The fourth-order valence-electron chi connectivity index (χ4n) is 1.43. The van der Waals surface area contributed by atoms with Crippen LogP contribution in [0.1, 0.15) is 17.8 Å². The number of thioether (sulfide) groups is 1. The van der Waals surface area contributed by atoms with Gasteiger partial charge in [0.1, 0.15) is 0 Å². The molecule has 1 aromatic rings. The third-order valence-corrected chi connectivity index (χ3v) is 4.27. The highest BCUT2D eigenvalue weighted by molar-refractivity contribution is 7.99. The van der Waals surface area contributed by atoms with Gasteiger partial charge >= 0.3 is 6.18 Å². The van der Waals surface area contributed by atoms with Crippen LogP contribution in [0.2, 0.25) is 0 Å². The zero-order valence-electron chi connectivity index (χ0n) is 8.25. The van der Waals surface area contributed by atoms with E-state index in [0.717, 1.165) is 24.3 Å². The standard InChI is InChI=1S/C8H10F3N3S2/c9-8(10,11)6-13-14-7(16-6)12-5-2-1-3-15-4-5/h5H,1-4H2,(H,12,14). The number of hydrogen-bond donors (Lipinski definition) is 1. The summed E-state index contributed by atoms with van der Waals surface area (Å²) in [4.78, 5) is 0. The van der Waals surface area contributed by atoms with E-state index in [1.807, 2.05) is 0 Å². The Labute approximate surface area is 98.8 Å². The number of anilines is 1. The van der Waals surface area contributed by atoms with Gasteiger partial charge in [0.2, 0.25) is 10.1 Å². The molecule has 0 saturated carbocycles. The predicted octanol–water partition coefficient (Wildman–Crippen LogP) is 2.86. The van der Waals surface area contributed by atoms with Crippen LogP contribution in [0.25, 0.3) is 0 Å². The molecule has 1 aliphatic rings. The second kappa shape index (κ2) is 4.79. The molecular formula is C8H10F3N3S2. The lowest BCUT2D eigenvalue weighted by molar-refractivity contribution is -0.138. The lowest BCUT2D eigenvalue weighted by Crippen LogP contribution is -2.25. The van der Waals surface area contributed by atoms with E-state index in [-0.39, 0.29) is 11.2 Å². The average molecular weight is 269 g/mol. The quantitative estimate of drug-likeness (QED) is 0.896. The van der Waals surface area contributed by atoms with Crippen LogP contribution in [0.15, 0.2) is 0 Å². The van der Waals surface area contributed by atoms with Crippen molar-refractivity contribution in [2.24, 2.45) is 0 Å². The fraction of sp³-hybridized carbons (Fsp3) is 0.750. The van der Waals surface area contributed by atoms with Gasteiger partial charge in [0, 0.05) is 11.8 Å². The molecule has 0 aliphatic carbocycles. The Kier molecular flexibility index (Phi) is 3.58. The summed E-state index contributed by atoms with van der Waals surface area (Å²) < 4.78 is 36.8. The molecule has 1 saturated heterocycles. The topological polar surface area (TPSA) is 37.8 Å². The Morgan fingerprint density at radius 2 is 2.12 bits per heavy atom. The van der Waals surface area contributed by atoms with E-state index in [1.165, 1.54) is 0 Å². The molecule has 2 rings (SSSR count). The summed E-state index contributed by atoms with van der Waals surface area (Å²) in [6.45, 7) is 0. The molecule has 1 aliphatic heterocycles. The highest BCUT2D eigenvalue weighted by Crippen LogP contribution is 2.33. The number of halogens is 3. The minimum Gasteiger partial charge on any atom is -0.357 e. The summed E-state index contributed by atoms with van der Waals surface area (Å²) >= 11 is 2.37. The molecule has 3 nitrogen and oxygen atoms in total. The number of alkyl halides is 3. The largest absolute Gasteiger partial charge is 0.445 e. The molecule has 0 radical (unpaired) electrons. The number of hydrogen-bond acceptors (Lipinski definition) is 5. The van der Waals surface area contributed by atoms with Crippen LogP contribution in [0.5, 0.6) is 0 Å². The lowest BCUT2D eigenvalue weighted by Gasteiger charge is -2.21. The Balaban J connectivity index is 1.97. The minimum atomic E-state index is -4.39. The fourth-order valence-corrected chi connectivity index (χ4v) is 3.19. The maximum atomic E-state index is 12.3. The highest BCUT2D eigenvalue weighted by Gasteiger charge is 2.35. The average Bonchev–Trinajstić information content (AvgIpc) is 2.67. The summed E-state index contributed by atoms with van der Waals surface area (Å²) in [6, 6.07) is 0.216. The zero-order valence-corrected chi connectivity index (χ0v) is 9.88. The molecule has 0 bridgehead atoms. The van der Waals surface area contributed by atoms with Crippen LogP contribution >= 0.6 is 23.1 Å². The van der Waals surface area contributed by atoms with Gasteiger partial charge < -0.3 is 5.32 Å². The summed E-state index contributed by atoms with van der Waals surface area (Å²) in [5, 5.41) is 9.00. The number of aromatic nitrogens is 2. The lowest BCUT2D eigenvalue weighted by atomic mass is 10.2. The molecule has 8 heteroatoms. The van der Waals surface area contributed by atoms with E-state index in [4.69, 9.17) is 0 Å². The molecule has 0 spiro atoms. The monoisotopic (exact) mass is 269 g/mol. The molecule has 1 aromatic heterocycles. The first kappa shape index (κ1) is 12.0. The summed E-state index contributed by atoms with van der Waals surface area (Å²) in [5.74, 6) is 2.04. The first-order chi connectivity index (χ1) is 7.55. The van der Waals surface area contributed by atoms with Gasteiger partial charge in [-0.05, 0) is 18.6 Å². The van der Waals surface area contributed by atoms with Crippen molar-refractivity contribution in [1.29, 1.82) is 0 Å². The Hall–Kier alpha value is -0.500. The van der Waals surface area contributed by atoms with Crippen LogP contribution in [-0.2, 0) is 6.18 Å². The van der Waals surface area contributed by atoms with Crippen molar-refractivity contribution in [3.05, 3.63) is 5.01 Å².